The van der Waals surface area contributed by atoms with Crippen LogP contribution >= 0.6 is 0 Å². The van der Waals surface area contributed by atoms with E-state index >= 15 is 0 Å². The van der Waals surface area contributed by atoms with Crippen LogP contribution in [0, 0.1) is 0 Å². The van der Waals surface area contributed by atoms with E-state index in [4.69, 9.17) is 4.74 Å². The van der Waals surface area contributed by atoms with E-state index in [1.807, 2.05) is 0 Å². The van der Waals surface area contributed by atoms with E-state index in [0.29, 0.717) is 6.42 Å². The third kappa shape index (κ3) is 21.1. The van der Waals surface area contributed by atoms with E-state index in [0.717, 1.165) is 19.3 Å². The molecule has 0 radical (unpaired) electrons. The van der Waals surface area contributed by atoms with Crippen molar-refractivity contribution in [1.29, 1.82) is 0 Å². The number of unbranched alkanes of at least 4 members (excludes halogenated alkanes) is 22. The van der Waals surface area contributed by atoms with Crippen LogP contribution in [-0.2, 0) is 9.53 Å². The zero-order chi connectivity index (χ0) is 34.7. The Labute approximate surface area is 287 Å². The molecule has 0 aliphatic heterocycles. The molecular formula is C38H75NO8. The van der Waals surface area contributed by atoms with E-state index in [1.165, 1.54) is 128 Å². The minimum atomic E-state index is -1.57. The van der Waals surface area contributed by atoms with Gasteiger partial charge < -0.3 is 40.7 Å². The molecule has 1 amide bonds. The van der Waals surface area contributed by atoms with Gasteiger partial charge in [-0.3, -0.25) is 4.79 Å². The molecule has 280 valence electrons. The predicted molar refractivity (Wildman–Crippen MR) is 189 cm³/mol. The second-order valence-electron chi connectivity index (χ2n) is 14.3. The summed E-state index contributed by atoms with van der Waals surface area (Å²) < 4.78 is 5.65. The first kappa shape index (κ1) is 44.2. The largest absolute Gasteiger partial charge is 0.390 e. The number of carbonyl (C=O) groups excluding carboxylic acids is 1. The van der Waals surface area contributed by atoms with Crippen LogP contribution < -0.4 is 5.32 Å². The number of ether oxygens (including phenoxy) is 1. The van der Waals surface area contributed by atoms with Crippen molar-refractivity contribution in [3.63, 3.8) is 0 Å². The fraction of sp³-hybridized carbons (Fsp3) is 0.974. The molecule has 9 nitrogen and oxygen atoms in total. The molecule has 0 spiro atoms. The van der Waals surface area contributed by atoms with Crippen LogP contribution in [0.1, 0.15) is 181 Å². The molecule has 0 aromatic rings. The van der Waals surface area contributed by atoms with Gasteiger partial charge in [-0.1, -0.05) is 155 Å². The lowest BCUT2D eigenvalue weighted by atomic mass is 9.87. The lowest BCUT2D eigenvalue weighted by Crippen LogP contribution is -2.58. The molecule has 8 unspecified atom stereocenters. The zero-order valence-electron chi connectivity index (χ0n) is 30.2. The number of carbonyl (C=O) groups is 1. The molecule has 0 bridgehead atoms. The van der Waals surface area contributed by atoms with Gasteiger partial charge in [0, 0.05) is 12.8 Å². The highest BCUT2D eigenvalue weighted by Crippen LogP contribution is 2.24. The third-order valence-corrected chi connectivity index (χ3v) is 10.0. The van der Waals surface area contributed by atoms with E-state index in [9.17, 15) is 35.4 Å². The number of nitrogens with one attached hydrogen (secondary N) is 1. The Bertz CT molecular complexity index is 728. The van der Waals surface area contributed by atoms with Gasteiger partial charge in [0.15, 0.2) is 0 Å². The van der Waals surface area contributed by atoms with Crippen LogP contribution in [0.4, 0.5) is 0 Å². The smallest absolute Gasteiger partial charge is 0.220 e. The Balaban J connectivity index is 2.03. The average molecular weight is 674 g/mol. The van der Waals surface area contributed by atoms with Crippen LogP contribution in [0.5, 0.6) is 0 Å². The van der Waals surface area contributed by atoms with Gasteiger partial charge in [0.2, 0.25) is 5.91 Å². The van der Waals surface area contributed by atoms with Gasteiger partial charge in [-0.2, -0.15) is 0 Å². The van der Waals surface area contributed by atoms with Crippen LogP contribution in [-0.4, -0.2) is 91.9 Å². The normalized spacial score (nSPS) is 23.4. The predicted octanol–water partition coefficient (Wildman–Crippen LogP) is 6.22. The molecule has 0 saturated heterocycles. The standard InChI is InChI=1S/C38H75NO8/c1-3-5-6-7-8-9-10-11-12-13-14-15-16-17-18-19-20-21-22-23-24-25-26-27-34(42)39-30(35(43)31(40)4-2)29-47-33-28-32(41)36(44)38(46)37(33)45/h30-33,35-38,40-41,43-46H,3-29H2,1-2H3,(H,39,42). The second kappa shape index (κ2) is 29.0. The molecular weight excluding hydrogens is 598 g/mol. The molecule has 8 atom stereocenters. The summed E-state index contributed by atoms with van der Waals surface area (Å²) in [7, 11) is 0. The Morgan fingerprint density at radius 1 is 0.617 bits per heavy atom. The first-order valence-corrected chi connectivity index (χ1v) is 19.7. The SMILES string of the molecule is CCCCCCCCCCCCCCCCCCCCCCCCCC(=O)NC(COC1CC(O)C(O)C(O)C1O)C(O)C(O)CC. The zero-order valence-corrected chi connectivity index (χ0v) is 30.2. The van der Waals surface area contributed by atoms with Crippen molar-refractivity contribution in [2.24, 2.45) is 0 Å². The van der Waals surface area contributed by atoms with Crippen molar-refractivity contribution in [3.05, 3.63) is 0 Å². The Morgan fingerprint density at radius 2 is 1.02 bits per heavy atom. The highest BCUT2D eigenvalue weighted by molar-refractivity contribution is 5.76. The molecule has 1 fully saturated rings. The van der Waals surface area contributed by atoms with E-state index in [2.05, 4.69) is 12.2 Å². The number of hydrogen-bond donors (Lipinski definition) is 7. The first-order valence-electron chi connectivity index (χ1n) is 19.7. The van der Waals surface area contributed by atoms with Gasteiger partial charge in [-0.25, -0.2) is 0 Å². The maximum Gasteiger partial charge on any atom is 0.220 e. The van der Waals surface area contributed by atoms with Gasteiger partial charge in [-0.15, -0.1) is 0 Å². The number of amides is 1. The third-order valence-electron chi connectivity index (χ3n) is 10.0. The molecule has 0 aromatic carbocycles. The number of aliphatic hydroxyl groups excluding tert-OH is 6. The highest BCUT2D eigenvalue weighted by Gasteiger charge is 2.43. The fourth-order valence-corrected chi connectivity index (χ4v) is 6.65. The van der Waals surface area contributed by atoms with Crippen LogP contribution in [0.3, 0.4) is 0 Å². The van der Waals surface area contributed by atoms with Gasteiger partial charge in [0.1, 0.15) is 24.4 Å². The van der Waals surface area contributed by atoms with Crippen molar-refractivity contribution in [1.82, 2.24) is 5.32 Å². The molecule has 0 aromatic heterocycles. The lowest BCUT2D eigenvalue weighted by molar-refractivity contribution is -0.193. The summed E-state index contributed by atoms with van der Waals surface area (Å²) in [4.78, 5) is 12.6. The molecule has 1 aliphatic carbocycles. The van der Waals surface area contributed by atoms with Crippen molar-refractivity contribution in [2.45, 2.75) is 230 Å². The molecule has 47 heavy (non-hydrogen) atoms. The summed E-state index contributed by atoms with van der Waals surface area (Å²) in [6, 6.07) is -0.921. The second-order valence-corrected chi connectivity index (χ2v) is 14.3. The fourth-order valence-electron chi connectivity index (χ4n) is 6.65. The summed E-state index contributed by atoms with van der Waals surface area (Å²) in [6.07, 6.45) is 21.6. The van der Waals surface area contributed by atoms with Crippen LogP contribution in [0.2, 0.25) is 0 Å². The van der Waals surface area contributed by atoms with Crippen molar-refractivity contribution < 1.29 is 40.2 Å². The maximum absolute atomic E-state index is 12.6. The summed E-state index contributed by atoms with van der Waals surface area (Å²) in [6.45, 7) is 3.77. The molecule has 9 heteroatoms. The summed E-state index contributed by atoms with van der Waals surface area (Å²) in [5, 5.41) is 63.3. The molecule has 0 heterocycles. The average Bonchev–Trinajstić information content (AvgIpc) is 3.07. The van der Waals surface area contributed by atoms with Crippen LogP contribution in [0.25, 0.3) is 0 Å². The Hall–Kier alpha value is -0.810. The molecule has 1 rings (SSSR count). The maximum atomic E-state index is 12.6. The van der Waals surface area contributed by atoms with Gasteiger partial charge in [0.25, 0.3) is 0 Å². The van der Waals surface area contributed by atoms with Crippen molar-refractivity contribution >= 4 is 5.91 Å². The van der Waals surface area contributed by atoms with E-state index < -0.39 is 48.8 Å². The number of hydrogen-bond acceptors (Lipinski definition) is 8. The minimum Gasteiger partial charge on any atom is -0.390 e. The number of aliphatic hydroxyl groups is 6. The van der Waals surface area contributed by atoms with Gasteiger partial charge in [0.05, 0.1) is 31.0 Å². The van der Waals surface area contributed by atoms with Crippen molar-refractivity contribution in [2.75, 3.05) is 6.61 Å². The first-order chi connectivity index (χ1) is 22.7. The monoisotopic (exact) mass is 674 g/mol. The number of rotatable bonds is 31. The summed E-state index contributed by atoms with van der Waals surface area (Å²) in [5.41, 5.74) is 0. The summed E-state index contributed by atoms with van der Waals surface area (Å²) in [5.74, 6) is -0.246. The quantitative estimate of drug-likeness (QED) is 0.0428. The topological polar surface area (TPSA) is 160 Å². The van der Waals surface area contributed by atoms with E-state index in [-0.39, 0.29) is 25.4 Å². The lowest BCUT2D eigenvalue weighted by Gasteiger charge is -2.39. The molecule has 1 saturated carbocycles. The van der Waals surface area contributed by atoms with E-state index in [1.54, 1.807) is 6.92 Å². The Kier molecular flexibility index (Phi) is 27.3. The van der Waals surface area contributed by atoms with Crippen LogP contribution in [0.15, 0.2) is 0 Å². The highest BCUT2D eigenvalue weighted by atomic mass is 16.5. The Morgan fingerprint density at radius 3 is 1.43 bits per heavy atom. The minimum absolute atomic E-state index is 0.105. The summed E-state index contributed by atoms with van der Waals surface area (Å²) >= 11 is 0. The van der Waals surface area contributed by atoms with Gasteiger partial charge in [-0.05, 0) is 12.8 Å². The van der Waals surface area contributed by atoms with Gasteiger partial charge >= 0.3 is 0 Å². The molecule has 1 aliphatic rings. The molecule has 7 N–H and O–H groups in total. The van der Waals surface area contributed by atoms with Crippen molar-refractivity contribution in [3.8, 4) is 0 Å².